The summed E-state index contributed by atoms with van der Waals surface area (Å²) in [5, 5.41) is 9.16. The van der Waals surface area contributed by atoms with Gasteiger partial charge in [0.05, 0.1) is 28.5 Å². The molecule has 0 spiro atoms. The Balaban J connectivity index is 2.30. The molecule has 0 saturated heterocycles. The molecule has 25 heavy (non-hydrogen) atoms. The third kappa shape index (κ3) is 2.71. The number of carbonyl (C=O) groups excluding carboxylic acids is 1. The molecule has 1 aliphatic rings. The number of nitriles is 1. The second-order valence-electron chi connectivity index (χ2n) is 4.79. The van der Waals surface area contributed by atoms with Crippen LogP contribution in [0.15, 0.2) is 21.2 Å². The highest BCUT2D eigenvalue weighted by atomic mass is 79.9. The van der Waals surface area contributed by atoms with Crippen molar-refractivity contribution in [3.05, 3.63) is 32.5 Å². The van der Waals surface area contributed by atoms with Crippen LogP contribution in [0.4, 0.5) is 14.5 Å². The van der Waals surface area contributed by atoms with Crippen LogP contribution in [0.5, 0.6) is 11.5 Å². The van der Waals surface area contributed by atoms with Gasteiger partial charge in [0.15, 0.2) is 17.2 Å². The molecule has 0 bridgehead atoms. The highest BCUT2D eigenvalue weighted by molar-refractivity contribution is 9.11. The van der Waals surface area contributed by atoms with Crippen LogP contribution in [0.3, 0.4) is 0 Å². The van der Waals surface area contributed by atoms with Gasteiger partial charge in [0.2, 0.25) is 0 Å². The average Bonchev–Trinajstić information content (AvgIpc) is 3.02. The maximum atomic E-state index is 13.3. The van der Waals surface area contributed by atoms with E-state index in [9.17, 15) is 13.6 Å². The second-order valence-corrected chi connectivity index (χ2v) is 6.44. The number of halogens is 4. The van der Waals surface area contributed by atoms with E-state index in [2.05, 4.69) is 46.1 Å². The zero-order valence-electron chi connectivity index (χ0n) is 12.3. The number of carbonyl (C=O) groups is 1. The van der Waals surface area contributed by atoms with Crippen molar-refractivity contribution in [2.24, 2.45) is 0 Å². The minimum absolute atomic E-state index is 0.0159. The van der Waals surface area contributed by atoms with Gasteiger partial charge in [-0.3, -0.25) is 0 Å². The van der Waals surface area contributed by atoms with Gasteiger partial charge in [-0.25, -0.2) is 4.79 Å². The van der Waals surface area contributed by atoms with Crippen LogP contribution in [0.25, 0.3) is 5.69 Å². The first-order valence-electron chi connectivity index (χ1n) is 6.47. The van der Waals surface area contributed by atoms with E-state index in [-0.39, 0.29) is 43.1 Å². The van der Waals surface area contributed by atoms with Crippen molar-refractivity contribution in [1.29, 1.82) is 5.26 Å². The summed E-state index contributed by atoms with van der Waals surface area (Å²) in [5.74, 6) is -1.27. The zero-order chi connectivity index (χ0) is 18.5. The first-order chi connectivity index (χ1) is 11.7. The van der Waals surface area contributed by atoms with Crippen LogP contribution in [-0.4, -0.2) is 23.9 Å². The number of benzene rings is 1. The number of nitrogen functional groups attached to an aromatic ring is 1. The van der Waals surface area contributed by atoms with Gasteiger partial charge in [-0.1, -0.05) is 0 Å². The highest BCUT2D eigenvalue weighted by Crippen LogP contribution is 2.51. The standard InChI is InChI=1S/C14H7Br2F2N3O4/c1-23-13(22)11-9(20)5(3-19)4-21(11)10-6(15)2-7-12(8(10)16)25-14(17,18)24-7/h2,4H,20H2,1H3. The van der Waals surface area contributed by atoms with Crippen molar-refractivity contribution in [2.75, 3.05) is 12.8 Å². The quantitative estimate of drug-likeness (QED) is 0.662. The topological polar surface area (TPSA) is 99.5 Å². The summed E-state index contributed by atoms with van der Waals surface area (Å²) >= 11 is 6.40. The van der Waals surface area contributed by atoms with Gasteiger partial charge in [0.25, 0.3) is 0 Å². The molecule has 0 saturated carbocycles. The molecular weight excluding hydrogens is 472 g/mol. The number of aromatic nitrogens is 1. The van der Waals surface area contributed by atoms with Crippen LogP contribution in [-0.2, 0) is 4.74 Å². The number of rotatable bonds is 2. The molecule has 2 aromatic rings. The lowest BCUT2D eigenvalue weighted by atomic mass is 10.2. The SMILES string of the molecule is COC(=O)c1c(N)c(C#N)cn1-c1c(Br)cc2c(c1Br)OC(F)(F)O2. The summed E-state index contributed by atoms with van der Waals surface area (Å²) in [5.41, 5.74) is 5.82. The number of hydrogen-bond donors (Lipinski definition) is 1. The molecule has 2 heterocycles. The molecule has 0 fully saturated rings. The lowest BCUT2D eigenvalue weighted by Crippen LogP contribution is -2.26. The summed E-state index contributed by atoms with van der Waals surface area (Å²) in [4.78, 5) is 12.1. The Hall–Kier alpha value is -2.32. The van der Waals surface area contributed by atoms with Crippen LogP contribution in [0.2, 0.25) is 0 Å². The first-order valence-corrected chi connectivity index (χ1v) is 8.06. The number of nitrogens with two attached hydrogens (primary N) is 1. The normalized spacial score (nSPS) is 14.2. The Bertz CT molecular complexity index is 953. The number of ether oxygens (including phenoxy) is 3. The molecule has 0 aliphatic carbocycles. The van der Waals surface area contributed by atoms with Gasteiger partial charge < -0.3 is 24.5 Å². The summed E-state index contributed by atoms with van der Waals surface area (Å²) in [6.07, 6.45) is -2.53. The number of alkyl halides is 2. The van der Waals surface area contributed by atoms with E-state index in [0.29, 0.717) is 0 Å². The molecule has 2 N–H and O–H groups in total. The number of nitrogens with zero attached hydrogens (tertiary/aromatic N) is 2. The van der Waals surface area contributed by atoms with Crippen molar-refractivity contribution >= 4 is 43.5 Å². The largest absolute Gasteiger partial charge is 0.586 e. The molecular formula is C14H7Br2F2N3O4. The molecule has 0 radical (unpaired) electrons. The lowest BCUT2D eigenvalue weighted by molar-refractivity contribution is -0.286. The van der Waals surface area contributed by atoms with Gasteiger partial charge in [-0.05, 0) is 31.9 Å². The second kappa shape index (κ2) is 5.89. The maximum absolute atomic E-state index is 13.3. The van der Waals surface area contributed by atoms with E-state index in [0.717, 1.165) is 7.11 Å². The molecule has 130 valence electrons. The summed E-state index contributed by atoms with van der Waals surface area (Å²) in [6, 6.07) is 3.10. The predicted octanol–water partition coefficient (Wildman–Crippen LogP) is 3.56. The molecule has 1 aliphatic heterocycles. The molecule has 7 nitrogen and oxygen atoms in total. The average molecular weight is 479 g/mol. The van der Waals surface area contributed by atoms with E-state index in [1.807, 2.05) is 6.07 Å². The van der Waals surface area contributed by atoms with Gasteiger partial charge in [0, 0.05) is 16.7 Å². The minimum Gasteiger partial charge on any atom is -0.464 e. The van der Waals surface area contributed by atoms with Crippen molar-refractivity contribution < 1.29 is 27.8 Å². The van der Waals surface area contributed by atoms with E-state index in [1.54, 1.807) is 0 Å². The fourth-order valence-corrected chi connectivity index (χ4v) is 3.86. The predicted molar refractivity (Wildman–Crippen MR) is 87.8 cm³/mol. The molecule has 1 aromatic carbocycles. The summed E-state index contributed by atoms with van der Waals surface area (Å²) in [6.45, 7) is 0. The molecule has 3 rings (SSSR count). The Morgan fingerprint density at radius 3 is 2.72 bits per heavy atom. The third-order valence-corrected chi connectivity index (χ3v) is 4.69. The maximum Gasteiger partial charge on any atom is 0.586 e. The number of fused-ring (bicyclic) bond motifs is 1. The number of esters is 1. The Morgan fingerprint density at radius 1 is 1.44 bits per heavy atom. The summed E-state index contributed by atoms with van der Waals surface area (Å²) < 4.78 is 41.9. The van der Waals surface area contributed by atoms with Crippen LogP contribution < -0.4 is 15.2 Å². The molecule has 0 unspecified atom stereocenters. The third-order valence-electron chi connectivity index (χ3n) is 3.35. The molecule has 1 aromatic heterocycles. The lowest BCUT2D eigenvalue weighted by Gasteiger charge is -2.14. The van der Waals surface area contributed by atoms with Gasteiger partial charge in [-0.2, -0.15) is 5.26 Å². The Labute approximate surface area is 156 Å². The van der Waals surface area contributed by atoms with Crippen LogP contribution in [0, 0.1) is 11.3 Å². The number of anilines is 1. The first kappa shape index (κ1) is 17.5. The molecule has 0 atom stereocenters. The van der Waals surface area contributed by atoms with Gasteiger partial charge in [-0.15, -0.1) is 8.78 Å². The van der Waals surface area contributed by atoms with Crippen LogP contribution in [0.1, 0.15) is 16.1 Å². The van der Waals surface area contributed by atoms with Gasteiger partial charge >= 0.3 is 12.3 Å². The molecule has 0 amide bonds. The summed E-state index contributed by atoms with van der Waals surface area (Å²) in [7, 11) is 1.15. The molecule has 11 heteroatoms. The zero-order valence-corrected chi connectivity index (χ0v) is 15.4. The number of hydrogen-bond acceptors (Lipinski definition) is 6. The smallest absolute Gasteiger partial charge is 0.464 e. The van der Waals surface area contributed by atoms with E-state index < -0.39 is 12.3 Å². The fourth-order valence-electron chi connectivity index (χ4n) is 2.32. The van der Waals surface area contributed by atoms with E-state index >= 15 is 0 Å². The minimum atomic E-state index is -3.82. The van der Waals surface area contributed by atoms with E-state index in [4.69, 9.17) is 11.0 Å². The number of methoxy groups -OCH3 is 1. The van der Waals surface area contributed by atoms with Crippen molar-refractivity contribution in [3.63, 3.8) is 0 Å². The van der Waals surface area contributed by atoms with Gasteiger partial charge in [0.1, 0.15) is 6.07 Å². The van der Waals surface area contributed by atoms with Crippen molar-refractivity contribution in [3.8, 4) is 23.3 Å². The monoisotopic (exact) mass is 477 g/mol. The Morgan fingerprint density at radius 2 is 2.12 bits per heavy atom. The fraction of sp³-hybridized carbons (Fsp3) is 0.143. The highest BCUT2D eigenvalue weighted by Gasteiger charge is 2.45. The van der Waals surface area contributed by atoms with Crippen molar-refractivity contribution in [1.82, 2.24) is 4.57 Å². The van der Waals surface area contributed by atoms with Crippen LogP contribution >= 0.6 is 31.9 Å². The van der Waals surface area contributed by atoms with Crippen molar-refractivity contribution in [2.45, 2.75) is 6.29 Å². The van der Waals surface area contributed by atoms with E-state index in [1.165, 1.54) is 16.8 Å². The Kier molecular flexibility index (Phi) is 4.12.